The van der Waals surface area contributed by atoms with E-state index >= 15 is 0 Å². The third-order valence-corrected chi connectivity index (χ3v) is 4.09. The number of rotatable bonds is 3. The molecule has 4 nitrogen and oxygen atoms in total. The van der Waals surface area contributed by atoms with Gasteiger partial charge in [0.1, 0.15) is 5.76 Å². The van der Waals surface area contributed by atoms with Gasteiger partial charge in [-0.25, -0.2) is 4.79 Å². The summed E-state index contributed by atoms with van der Waals surface area (Å²) in [6.45, 7) is 3.86. The fourth-order valence-corrected chi connectivity index (χ4v) is 2.59. The lowest BCUT2D eigenvalue weighted by atomic mass is 9.88. The minimum atomic E-state index is -1.10. The zero-order valence-electron chi connectivity index (χ0n) is 9.23. The Morgan fingerprint density at radius 3 is 2.71 bits per heavy atom. The van der Waals surface area contributed by atoms with E-state index in [2.05, 4.69) is 5.16 Å². The van der Waals surface area contributed by atoms with Gasteiger partial charge in [0.2, 0.25) is 0 Å². The molecule has 2 rings (SSSR count). The predicted molar refractivity (Wildman–Crippen MR) is 64.9 cm³/mol. The number of nitrogens with zero attached hydrogens (tertiary/aromatic N) is 1. The molecule has 0 aliphatic carbocycles. The van der Waals surface area contributed by atoms with Crippen LogP contribution in [0.25, 0.3) is 0 Å². The summed E-state index contributed by atoms with van der Waals surface area (Å²) in [5, 5.41) is 12.3. The van der Waals surface area contributed by atoms with E-state index in [9.17, 15) is 4.79 Å². The highest BCUT2D eigenvalue weighted by Crippen LogP contribution is 2.37. The number of carboxylic acids is 1. The number of carbonyl (C=O) groups is 1. The molecule has 6 heteroatoms. The van der Waals surface area contributed by atoms with E-state index in [-0.39, 0.29) is 5.69 Å². The molecule has 1 N–H and O–H groups in total. The highest BCUT2D eigenvalue weighted by atomic mass is 35.5. The molecule has 90 valence electrons. The molecule has 0 saturated carbocycles. The van der Waals surface area contributed by atoms with Crippen molar-refractivity contribution in [2.75, 3.05) is 0 Å². The van der Waals surface area contributed by atoms with Crippen molar-refractivity contribution < 1.29 is 14.4 Å². The number of thiophene rings is 1. The molecule has 2 aromatic heterocycles. The first-order chi connectivity index (χ1) is 7.91. The monoisotopic (exact) mass is 271 g/mol. The molecule has 2 aromatic rings. The number of aromatic carboxylic acids is 1. The van der Waals surface area contributed by atoms with Gasteiger partial charge in [0.15, 0.2) is 5.69 Å². The molecular weight excluding hydrogens is 262 g/mol. The molecule has 0 aliphatic rings. The van der Waals surface area contributed by atoms with Crippen molar-refractivity contribution in [2.45, 2.75) is 19.3 Å². The Balaban J connectivity index is 2.40. The minimum Gasteiger partial charge on any atom is -0.476 e. The van der Waals surface area contributed by atoms with E-state index in [0.717, 1.165) is 4.88 Å². The van der Waals surface area contributed by atoms with Gasteiger partial charge in [-0.1, -0.05) is 16.8 Å². The number of hydrogen-bond acceptors (Lipinski definition) is 4. The Morgan fingerprint density at radius 2 is 2.24 bits per heavy atom. The number of aromatic nitrogens is 1. The van der Waals surface area contributed by atoms with E-state index < -0.39 is 11.4 Å². The second-order valence-corrected chi connectivity index (χ2v) is 5.83. The fraction of sp³-hybridized carbons (Fsp3) is 0.273. The summed E-state index contributed by atoms with van der Waals surface area (Å²) in [6.07, 6.45) is 0. The van der Waals surface area contributed by atoms with Crippen LogP contribution >= 0.6 is 22.9 Å². The number of hydrogen-bond donors (Lipinski definition) is 1. The predicted octanol–water partition coefficient (Wildman–Crippen LogP) is 3.41. The number of carboxylic acid groups (broad SMARTS) is 1. The van der Waals surface area contributed by atoms with Crippen LogP contribution in [0.2, 0.25) is 4.34 Å². The lowest BCUT2D eigenvalue weighted by molar-refractivity contribution is 0.0685. The van der Waals surface area contributed by atoms with Crippen LogP contribution in [0.15, 0.2) is 22.7 Å². The van der Waals surface area contributed by atoms with Crippen LogP contribution in [0.1, 0.15) is 35.0 Å². The van der Waals surface area contributed by atoms with Crippen LogP contribution in [0.4, 0.5) is 0 Å². The first kappa shape index (κ1) is 12.1. The van der Waals surface area contributed by atoms with Crippen LogP contribution in [-0.2, 0) is 5.41 Å². The van der Waals surface area contributed by atoms with E-state index in [0.29, 0.717) is 10.1 Å². The lowest BCUT2D eigenvalue weighted by Gasteiger charge is -2.18. The van der Waals surface area contributed by atoms with Crippen molar-refractivity contribution in [3.8, 4) is 0 Å². The molecule has 17 heavy (non-hydrogen) atoms. The maximum atomic E-state index is 10.7. The van der Waals surface area contributed by atoms with Crippen molar-refractivity contribution in [3.63, 3.8) is 0 Å². The summed E-state index contributed by atoms with van der Waals surface area (Å²) in [6, 6.07) is 5.14. The van der Waals surface area contributed by atoms with E-state index in [1.54, 1.807) is 6.07 Å². The van der Waals surface area contributed by atoms with E-state index in [1.165, 1.54) is 17.4 Å². The molecule has 0 fully saturated rings. The van der Waals surface area contributed by atoms with E-state index in [1.807, 2.05) is 19.9 Å². The maximum Gasteiger partial charge on any atom is 0.358 e. The van der Waals surface area contributed by atoms with Crippen LogP contribution in [0.3, 0.4) is 0 Å². The number of halogens is 1. The first-order valence-corrected chi connectivity index (χ1v) is 6.07. The Bertz CT molecular complexity index is 559. The summed E-state index contributed by atoms with van der Waals surface area (Å²) in [7, 11) is 0. The zero-order chi connectivity index (χ0) is 12.6. The molecule has 0 spiro atoms. The van der Waals surface area contributed by atoms with Crippen LogP contribution in [0.5, 0.6) is 0 Å². The van der Waals surface area contributed by atoms with Crippen molar-refractivity contribution in [1.29, 1.82) is 0 Å². The van der Waals surface area contributed by atoms with Gasteiger partial charge in [-0.3, -0.25) is 0 Å². The fourth-order valence-electron chi connectivity index (χ4n) is 1.44. The smallest absolute Gasteiger partial charge is 0.358 e. The van der Waals surface area contributed by atoms with Gasteiger partial charge in [0, 0.05) is 10.9 Å². The molecule has 0 saturated heterocycles. The SMILES string of the molecule is CC(C)(c1cc(C(=O)O)no1)c1ccc(Cl)s1. The molecule has 0 radical (unpaired) electrons. The average Bonchev–Trinajstić information content (AvgIpc) is 2.85. The molecule has 0 atom stereocenters. The first-order valence-electron chi connectivity index (χ1n) is 4.87. The molecule has 0 unspecified atom stereocenters. The van der Waals surface area contributed by atoms with Crippen LogP contribution < -0.4 is 0 Å². The Kier molecular flexibility index (Phi) is 2.97. The van der Waals surface area contributed by atoms with Crippen molar-refractivity contribution >= 4 is 28.9 Å². The quantitative estimate of drug-likeness (QED) is 0.929. The van der Waals surface area contributed by atoms with Gasteiger partial charge in [-0.2, -0.15) is 0 Å². The largest absolute Gasteiger partial charge is 0.476 e. The third kappa shape index (κ3) is 2.21. The van der Waals surface area contributed by atoms with Crippen LogP contribution in [-0.4, -0.2) is 16.2 Å². The lowest BCUT2D eigenvalue weighted by Crippen LogP contribution is -2.16. The molecule has 0 bridgehead atoms. The molecule has 0 aliphatic heterocycles. The topological polar surface area (TPSA) is 63.3 Å². The minimum absolute atomic E-state index is 0.0873. The molecule has 0 aromatic carbocycles. The van der Waals surface area contributed by atoms with Gasteiger partial charge in [-0.15, -0.1) is 11.3 Å². The highest BCUT2D eigenvalue weighted by molar-refractivity contribution is 7.16. The van der Waals surface area contributed by atoms with Gasteiger partial charge in [-0.05, 0) is 26.0 Å². The molecular formula is C11H10ClNO3S. The van der Waals surface area contributed by atoms with Gasteiger partial charge in [0.25, 0.3) is 0 Å². The Morgan fingerprint density at radius 1 is 1.53 bits per heavy atom. The summed E-state index contributed by atoms with van der Waals surface area (Å²) in [5.74, 6) is -0.589. The second-order valence-electron chi connectivity index (χ2n) is 4.11. The normalized spacial score (nSPS) is 11.7. The van der Waals surface area contributed by atoms with Gasteiger partial charge < -0.3 is 9.63 Å². The average molecular weight is 272 g/mol. The summed E-state index contributed by atoms with van der Waals surface area (Å²) in [4.78, 5) is 11.7. The molecule has 2 heterocycles. The standard InChI is InChI=1S/C11H10ClNO3S/c1-11(2,8-3-4-9(12)17-8)7-5-6(10(14)15)13-16-7/h3-5H,1-2H3,(H,14,15). The Labute approximate surface area is 107 Å². The summed E-state index contributed by atoms with van der Waals surface area (Å²) < 4.78 is 5.77. The van der Waals surface area contributed by atoms with E-state index in [4.69, 9.17) is 21.2 Å². The maximum absolute atomic E-state index is 10.7. The highest BCUT2D eigenvalue weighted by Gasteiger charge is 2.30. The van der Waals surface area contributed by atoms with Crippen molar-refractivity contribution in [2.24, 2.45) is 0 Å². The molecule has 0 amide bonds. The third-order valence-electron chi connectivity index (χ3n) is 2.53. The zero-order valence-corrected chi connectivity index (χ0v) is 10.8. The van der Waals surface area contributed by atoms with Crippen LogP contribution in [0, 0.1) is 0 Å². The van der Waals surface area contributed by atoms with Gasteiger partial charge >= 0.3 is 5.97 Å². The van der Waals surface area contributed by atoms with Gasteiger partial charge in [0.05, 0.1) is 9.75 Å². The van der Waals surface area contributed by atoms with Crippen molar-refractivity contribution in [3.05, 3.63) is 38.9 Å². The van der Waals surface area contributed by atoms with Crippen molar-refractivity contribution in [1.82, 2.24) is 5.16 Å². The summed E-state index contributed by atoms with van der Waals surface area (Å²) >= 11 is 7.33. The summed E-state index contributed by atoms with van der Waals surface area (Å²) in [5.41, 5.74) is -0.533. The second kappa shape index (κ2) is 4.16. The Hall–Kier alpha value is -1.33.